The van der Waals surface area contributed by atoms with E-state index in [1.807, 2.05) is 36.4 Å². The number of hydrogen-bond donors (Lipinski definition) is 2. The van der Waals surface area contributed by atoms with E-state index in [0.29, 0.717) is 19.7 Å². The third-order valence-electron chi connectivity index (χ3n) is 4.63. The normalized spacial score (nSPS) is 15.0. The molecule has 6 heteroatoms. The zero-order valence-corrected chi connectivity index (χ0v) is 14.8. The van der Waals surface area contributed by atoms with Gasteiger partial charge in [0.2, 0.25) is 0 Å². The fourth-order valence-corrected chi connectivity index (χ4v) is 3.03. The number of anilines is 1. The standard InChI is InChI=1S/C20H25N3O3/c21-18-5-1-16(2-6-18)15-17-3-7-19(8-4-17)26-14-13-22-9-11-23(12-10-22)20(24)25/h1-8H,9-15,21H2,(H,24,25). The smallest absolute Gasteiger partial charge is 0.407 e. The van der Waals surface area contributed by atoms with Crippen LogP contribution < -0.4 is 10.5 Å². The second-order valence-corrected chi connectivity index (χ2v) is 6.52. The van der Waals surface area contributed by atoms with Gasteiger partial charge in [0.25, 0.3) is 0 Å². The van der Waals surface area contributed by atoms with Gasteiger partial charge in [-0.3, -0.25) is 4.90 Å². The van der Waals surface area contributed by atoms with Crippen LogP contribution in [0.15, 0.2) is 48.5 Å². The Morgan fingerprint density at radius 1 is 0.962 bits per heavy atom. The van der Waals surface area contributed by atoms with E-state index in [2.05, 4.69) is 17.0 Å². The predicted octanol–water partition coefficient (Wildman–Crippen LogP) is 2.53. The second-order valence-electron chi connectivity index (χ2n) is 6.52. The Hall–Kier alpha value is -2.73. The lowest BCUT2D eigenvalue weighted by Gasteiger charge is -2.32. The number of piperazine rings is 1. The van der Waals surface area contributed by atoms with E-state index in [9.17, 15) is 4.79 Å². The molecule has 2 aromatic rings. The Labute approximate surface area is 153 Å². The molecule has 1 amide bonds. The van der Waals surface area contributed by atoms with E-state index in [1.165, 1.54) is 16.0 Å². The number of benzene rings is 2. The van der Waals surface area contributed by atoms with Gasteiger partial charge in [-0.25, -0.2) is 4.79 Å². The summed E-state index contributed by atoms with van der Waals surface area (Å²) in [4.78, 5) is 14.6. The first-order valence-corrected chi connectivity index (χ1v) is 8.86. The van der Waals surface area contributed by atoms with Crippen LogP contribution >= 0.6 is 0 Å². The van der Waals surface area contributed by atoms with Crippen molar-refractivity contribution in [2.45, 2.75) is 6.42 Å². The SMILES string of the molecule is Nc1ccc(Cc2ccc(OCCN3CCN(C(=O)O)CC3)cc2)cc1. The number of carbonyl (C=O) groups is 1. The van der Waals surface area contributed by atoms with Gasteiger partial charge in [0.05, 0.1) is 0 Å². The third kappa shape index (κ3) is 5.13. The van der Waals surface area contributed by atoms with E-state index in [0.717, 1.165) is 37.5 Å². The Morgan fingerprint density at radius 2 is 1.54 bits per heavy atom. The van der Waals surface area contributed by atoms with Gasteiger partial charge in [0.15, 0.2) is 0 Å². The molecule has 26 heavy (non-hydrogen) atoms. The minimum atomic E-state index is -0.833. The molecule has 3 N–H and O–H groups in total. The molecule has 6 nitrogen and oxygen atoms in total. The van der Waals surface area contributed by atoms with Gasteiger partial charge in [-0.15, -0.1) is 0 Å². The first-order valence-electron chi connectivity index (χ1n) is 8.86. The molecule has 1 saturated heterocycles. The Bertz CT molecular complexity index is 708. The van der Waals surface area contributed by atoms with Crippen molar-refractivity contribution in [1.82, 2.24) is 9.80 Å². The topological polar surface area (TPSA) is 79.0 Å². The van der Waals surface area contributed by atoms with Crippen LogP contribution in [0.2, 0.25) is 0 Å². The quantitative estimate of drug-likeness (QED) is 0.779. The summed E-state index contributed by atoms with van der Waals surface area (Å²) in [6.07, 6.45) is 0.0361. The lowest BCUT2D eigenvalue weighted by atomic mass is 10.0. The van der Waals surface area contributed by atoms with Crippen LogP contribution in [0.3, 0.4) is 0 Å². The van der Waals surface area contributed by atoms with E-state index < -0.39 is 6.09 Å². The maximum atomic E-state index is 10.9. The molecule has 2 aromatic carbocycles. The molecule has 0 spiro atoms. The molecule has 0 radical (unpaired) electrons. The molecule has 1 aliphatic heterocycles. The predicted molar refractivity (Wildman–Crippen MR) is 102 cm³/mol. The van der Waals surface area contributed by atoms with Crippen molar-refractivity contribution in [2.24, 2.45) is 0 Å². The zero-order chi connectivity index (χ0) is 18.4. The van der Waals surface area contributed by atoms with Crippen LogP contribution in [-0.4, -0.2) is 60.3 Å². The number of hydrogen-bond acceptors (Lipinski definition) is 4. The zero-order valence-electron chi connectivity index (χ0n) is 14.8. The Balaban J connectivity index is 1.40. The van der Waals surface area contributed by atoms with Crippen LogP contribution in [0, 0.1) is 0 Å². The number of amides is 1. The van der Waals surface area contributed by atoms with Crippen molar-refractivity contribution < 1.29 is 14.6 Å². The summed E-state index contributed by atoms with van der Waals surface area (Å²) in [7, 11) is 0. The summed E-state index contributed by atoms with van der Waals surface area (Å²) in [6.45, 7) is 4.06. The monoisotopic (exact) mass is 355 g/mol. The van der Waals surface area contributed by atoms with E-state index in [1.54, 1.807) is 0 Å². The highest BCUT2D eigenvalue weighted by molar-refractivity contribution is 5.65. The molecule has 0 aliphatic carbocycles. The maximum Gasteiger partial charge on any atom is 0.407 e. The lowest BCUT2D eigenvalue weighted by molar-refractivity contribution is 0.0985. The summed E-state index contributed by atoms with van der Waals surface area (Å²) in [5.41, 5.74) is 8.95. The van der Waals surface area contributed by atoms with Crippen LogP contribution in [0.25, 0.3) is 0 Å². The summed E-state index contributed by atoms with van der Waals surface area (Å²) in [5.74, 6) is 0.857. The average Bonchev–Trinajstić information content (AvgIpc) is 2.65. The van der Waals surface area contributed by atoms with Crippen molar-refractivity contribution in [3.05, 3.63) is 59.7 Å². The summed E-state index contributed by atoms with van der Waals surface area (Å²) >= 11 is 0. The van der Waals surface area contributed by atoms with Crippen molar-refractivity contribution in [1.29, 1.82) is 0 Å². The molecule has 1 fully saturated rings. The number of ether oxygens (including phenoxy) is 1. The molecule has 3 rings (SSSR count). The van der Waals surface area contributed by atoms with Crippen LogP contribution in [-0.2, 0) is 6.42 Å². The first kappa shape index (κ1) is 18.1. The molecule has 0 bridgehead atoms. The molecule has 1 aliphatic rings. The van der Waals surface area contributed by atoms with Crippen molar-refractivity contribution >= 4 is 11.8 Å². The summed E-state index contributed by atoms with van der Waals surface area (Å²) in [5, 5.41) is 8.95. The average molecular weight is 355 g/mol. The van der Waals surface area contributed by atoms with Gasteiger partial charge in [-0.2, -0.15) is 0 Å². The fraction of sp³-hybridized carbons (Fsp3) is 0.350. The minimum Gasteiger partial charge on any atom is -0.492 e. The highest BCUT2D eigenvalue weighted by Crippen LogP contribution is 2.16. The summed E-state index contributed by atoms with van der Waals surface area (Å²) in [6, 6.07) is 16.1. The maximum absolute atomic E-state index is 10.9. The van der Waals surface area contributed by atoms with Crippen LogP contribution in [0.1, 0.15) is 11.1 Å². The molecular weight excluding hydrogens is 330 g/mol. The van der Waals surface area contributed by atoms with Crippen molar-refractivity contribution in [2.75, 3.05) is 45.1 Å². The molecule has 0 unspecified atom stereocenters. The van der Waals surface area contributed by atoms with Gasteiger partial charge in [0, 0.05) is 38.4 Å². The molecule has 0 aromatic heterocycles. The van der Waals surface area contributed by atoms with Gasteiger partial charge < -0.3 is 20.5 Å². The Kier molecular flexibility index (Phi) is 5.96. The molecule has 0 atom stereocenters. The van der Waals surface area contributed by atoms with E-state index >= 15 is 0 Å². The number of nitrogens with zero attached hydrogens (tertiary/aromatic N) is 2. The van der Waals surface area contributed by atoms with Crippen molar-refractivity contribution in [3.63, 3.8) is 0 Å². The number of rotatable bonds is 6. The molecule has 138 valence electrons. The number of nitrogens with two attached hydrogens (primary N) is 1. The molecule has 1 heterocycles. The minimum absolute atomic E-state index is 0.565. The van der Waals surface area contributed by atoms with Crippen LogP contribution in [0.4, 0.5) is 10.5 Å². The van der Waals surface area contributed by atoms with Crippen molar-refractivity contribution in [3.8, 4) is 5.75 Å². The fourth-order valence-electron chi connectivity index (χ4n) is 3.03. The molecular formula is C20H25N3O3. The van der Waals surface area contributed by atoms with E-state index in [-0.39, 0.29) is 0 Å². The van der Waals surface area contributed by atoms with Gasteiger partial charge in [-0.05, 0) is 41.8 Å². The molecule has 0 saturated carbocycles. The largest absolute Gasteiger partial charge is 0.492 e. The third-order valence-corrected chi connectivity index (χ3v) is 4.63. The second kappa shape index (κ2) is 8.58. The lowest BCUT2D eigenvalue weighted by Crippen LogP contribution is -2.49. The van der Waals surface area contributed by atoms with Crippen LogP contribution in [0.5, 0.6) is 5.75 Å². The first-order chi connectivity index (χ1) is 12.6. The van der Waals surface area contributed by atoms with Gasteiger partial charge in [-0.1, -0.05) is 24.3 Å². The Morgan fingerprint density at radius 3 is 2.12 bits per heavy atom. The van der Waals surface area contributed by atoms with Gasteiger partial charge in [0.1, 0.15) is 12.4 Å². The van der Waals surface area contributed by atoms with Gasteiger partial charge >= 0.3 is 6.09 Å². The van der Waals surface area contributed by atoms with E-state index in [4.69, 9.17) is 15.6 Å². The highest BCUT2D eigenvalue weighted by Gasteiger charge is 2.19. The summed E-state index contributed by atoms with van der Waals surface area (Å²) < 4.78 is 5.82. The number of carboxylic acid groups (broad SMARTS) is 1. The highest BCUT2D eigenvalue weighted by atomic mass is 16.5. The number of nitrogen functional groups attached to an aromatic ring is 1.